The molecule has 0 heterocycles. The second-order valence-electron chi connectivity index (χ2n) is 1.38. The normalized spacial score (nSPS) is 6.78. The summed E-state index contributed by atoms with van der Waals surface area (Å²) in [6.45, 7) is 1.75. The molecule has 0 fully saturated rings. The highest BCUT2D eigenvalue weighted by molar-refractivity contribution is 5.76. The number of hydrogen-bond acceptors (Lipinski definition) is 2. The standard InChI is InChI=1S/C6H8N2O/c1-6(9)8-5-3-2-4-7/h4,7H,5H2,1H3,(H,8,9). The van der Waals surface area contributed by atoms with Gasteiger partial charge in [-0.15, -0.1) is 0 Å². The summed E-state index contributed by atoms with van der Waals surface area (Å²) in [7, 11) is 0. The first-order valence-electron chi connectivity index (χ1n) is 2.49. The van der Waals surface area contributed by atoms with E-state index in [9.17, 15) is 4.79 Å². The van der Waals surface area contributed by atoms with Crippen molar-refractivity contribution in [3.8, 4) is 11.8 Å². The third-order valence-electron chi connectivity index (χ3n) is 0.600. The zero-order valence-electron chi connectivity index (χ0n) is 5.19. The minimum absolute atomic E-state index is 0.103. The Morgan fingerprint density at radius 1 is 1.89 bits per heavy atom. The first-order valence-corrected chi connectivity index (χ1v) is 2.49. The van der Waals surface area contributed by atoms with Crippen molar-refractivity contribution >= 4 is 12.1 Å². The average molecular weight is 124 g/mol. The van der Waals surface area contributed by atoms with Gasteiger partial charge in [0, 0.05) is 6.92 Å². The molecule has 0 rings (SSSR count). The van der Waals surface area contributed by atoms with Crippen LogP contribution in [0.4, 0.5) is 0 Å². The van der Waals surface area contributed by atoms with Gasteiger partial charge >= 0.3 is 0 Å². The Hall–Kier alpha value is -1.30. The quantitative estimate of drug-likeness (QED) is 0.368. The molecule has 0 aromatic rings. The van der Waals surface area contributed by atoms with Gasteiger partial charge in [0.05, 0.1) is 12.8 Å². The van der Waals surface area contributed by atoms with Crippen LogP contribution < -0.4 is 5.32 Å². The second kappa shape index (κ2) is 4.85. The van der Waals surface area contributed by atoms with Crippen molar-refractivity contribution < 1.29 is 4.79 Å². The molecule has 2 N–H and O–H groups in total. The molecule has 0 aromatic heterocycles. The molecule has 0 spiro atoms. The van der Waals surface area contributed by atoms with Gasteiger partial charge in [0.1, 0.15) is 0 Å². The maximum Gasteiger partial charge on any atom is 0.217 e. The summed E-state index contributed by atoms with van der Waals surface area (Å²) in [5.74, 6) is 4.82. The van der Waals surface area contributed by atoms with Crippen LogP contribution in [0.1, 0.15) is 6.92 Å². The highest BCUT2D eigenvalue weighted by Gasteiger charge is 1.81. The van der Waals surface area contributed by atoms with Crippen molar-refractivity contribution in [1.29, 1.82) is 5.41 Å². The minimum Gasteiger partial charge on any atom is -0.345 e. The first kappa shape index (κ1) is 7.70. The Morgan fingerprint density at radius 2 is 2.56 bits per heavy atom. The van der Waals surface area contributed by atoms with E-state index in [4.69, 9.17) is 5.41 Å². The summed E-state index contributed by atoms with van der Waals surface area (Å²) in [4.78, 5) is 10.2. The maximum absolute atomic E-state index is 10.2. The molecular formula is C6H8N2O. The van der Waals surface area contributed by atoms with Crippen molar-refractivity contribution in [3.63, 3.8) is 0 Å². The summed E-state index contributed by atoms with van der Waals surface area (Å²) in [6.07, 6.45) is 0.988. The van der Waals surface area contributed by atoms with Crippen LogP contribution >= 0.6 is 0 Å². The molecule has 3 nitrogen and oxygen atoms in total. The summed E-state index contributed by atoms with van der Waals surface area (Å²) < 4.78 is 0. The van der Waals surface area contributed by atoms with Crippen LogP contribution in [-0.4, -0.2) is 18.7 Å². The predicted octanol–water partition coefficient (Wildman–Crippen LogP) is -0.225. The molecular weight excluding hydrogens is 116 g/mol. The van der Waals surface area contributed by atoms with E-state index in [0.717, 1.165) is 6.21 Å². The van der Waals surface area contributed by atoms with E-state index >= 15 is 0 Å². The highest BCUT2D eigenvalue weighted by atomic mass is 16.1. The summed E-state index contributed by atoms with van der Waals surface area (Å²) in [5.41, 5.74) is 0. The molecule has 0 aliphatic carbocycles. The summed E-state index contributed by atoms with van der Waals surface area (Å²) in [5, 5.41) is 8.94. The van der Waals surface area contributed by atoms with Crippen LogP contribution in [0.15, 0.2) is 0 Å². The molecule has 0 atom stereocenters. The predicted molar refractivity (Wildman–Crippen MR) is 35.2 cm³/mol. The van der Waals surface area contributed by atoms with Crippen LogP contribution in [-0.2, 0) is 4.79 Å². The third-order valence-corrected chi connectivity index (χ3v) is 0.600. The van der Waals surface area contributed by atoms with Crippen molar-refractivity contribution in [1.82, 2.24) is 5.32 Å². The topological polar surface area (TPSA) is 53.0 Å². The largest absolute Gasteiger partial charge is 0.345 e. The zero-order chi connectivity index (χ0) is 7.11. The maximum atomic E-state index is 10.2. The molecule has 1 amide bonds. The van der Waals surface area contributed by atoms with E-state index in [1.165, 1.54) is 6.92 Å². The Labute approximate surface area is 54.0 Å². The number of amides is 1. The summed E-state index contributed by atoms with van der Waals surface area (Å²) in [6, 6.07) is 0. The zero-order valence-corrected chi connectivity index (χ0v) is 5.19. The molecule has 0 saturated heterocycles. The van der Waals surface area contributed by atoms with Gasteiger partial charge in [-0.05, 0) is 0 Å². The number of carbonyl (C=O) groups excluding carboxylic acids is 1. The van der Waals surface area contributed by atoms with Gasteiger partial charge in [0.2, 0.25) is 5.91 Å². The van der Waals surface area contributed by atoms with E-state index in [0.29, 0.717) is 6.54 Å². The molecule has 3 heteroatoms. The number of carbonyl (C=O) groups is 1. The SMILES string of the molecule is CC(=O)NCC#CC=N. The molecule has 0 unspecified atom stereocenters. The second-order valence-corrected chi connectivity index (χ2v) is 1.38. The monoisotopic (exact) mass is 124 g/mol. The lowest BCUT2D eigenvalue weighted by molar-refractivity contribution is -0.118. The fourth-order valence-corrected chi connectivity index (χ4v) is 0.271. The number of hydrogen-bond donors (Lipinski definition) is 2. The van der Waals surface area contributed by atoms with Gasteiger partial charge in [-0.2, -0.15) is 0 Å². The average Bonchev–Trinajstić information content (AvgIpc) is 1.80. The van der Waals surface area contributed by atoms with Gasteiger partial charge in [-0.3, -0.25) is 10.2 Å². The van der Waals surface area contributed by atoms with Crippen molar-refractivity contribution in [2.45, 2.75) is 6.92 Å². The Kier molecular flexibility index (Phi) is 4.15. The Balaban J connectivity index is 3.29. The van der Waals surface area contributed by atoms with E-state index in [2.05, 4.69) is 17.2 Å². The fraction of sp³-hybridized carbons (Fsp3) is 0.333. The molecule has 0 radical (unpaired) electrons. The van der Waals surface area contributed by atoms with Gasteiger partial charge in [-0.25, -0.2) is 0 Å². The van der Waals surface area contributed by atoms with E-state index in [1.807, 2.05) is 0 Å². The minimum atomic E-state index is -0.103. The molecule has 48 valence electrons. The number of nitrogens with one attached hydrogen (secondary N) is 2. The van der Waals surface area contributed by atoms with Crippen LogP contribution in [0.2, 0.25) is 0 Å². The molecule has 0 bridgehead atoms. The lowest BCUT2D eigenvalue weighted by atomic mass is 10.5. The van der Waals surface area contributed by atoms with Gasteiger partial charge < -0.3 is 5.32 Å². The van der Waals surface area contributed by atoms with Crippen LogP contribution in [0.3, 0.4) is 0 Å². The van der Waals surface area contributed by atoms with E-state index in [1.54, 1.807) is 0 Å². The van der Waals surface area contributed by atoms with Crippen molar-refractivity contribution in [3.05, 3.63) is 0 Å². The van der Waals surface area contributed by atoms with E-state index < -0.39 is 0 Å². The lowest BCUT2D eigenvalue weighted by Gasteiger charge is -1.89. The Morgan fingerprint density at radius 3 is 3.00 bits per heavy atom. The van der Waals surface area contributed by atoms with Gasteiger partial charge in [0.15, 0.2) is 0 Å². The highest BCUT2D eigenvalue weighted by Crippen LogP contribution is 1.57. The smallest absolute Gasteiger partial charge is 0.217 e. The molecule has 0 aliphatic heterocycles. The van der Waals surface area contributed by atoms with Crippen LogP contribution in [0, 0.1) is 17.3 Å². The summed E-state index contributed by atoms with van der Waals surface area (Å²) >= 11 is 0. The first-order chi connectivity index (χ1) is 4.27. The fourth-order valence-electron chi connectivity index (χ4n) is 0.271. The van der Waals surface area contributed by atoms with Crippen LogP contribution in [0.25, 0.3) is 0 Å². The van der Waals surface area contributed by atoms with Gasteiger partial charge in [0.25, 0.3) is 0 Å². The van der Waals surface area contributed by atoms with E-state index in [-0.39, 0.29) is 5.91 Å². The van der Waals surface area contributed by atoms with Crippen molar-refractivity contribution in [2.75, 3.05) is 6.54 Å². The molecule has 0 aliphatic rings. The molecule has 0 saturated carbocycles. The Bertz CT molecular complexity index is 164. The van der Waals surface area contributed by atoms with Crippen molar-refractivity contribution in [2.24, 2.45) is 0 Å². The number of rotatable bonds is 1. The lowest BCUT2D eigenvalue weighted by Crippen LogP contribution is -2.19. The molecule has 0 aromatic carbocycles. The van der Waals surface area contributed by atoms with Crippen LogP contribution in [0.5, 0.6) is 0 Å². The third kappa shape index (κ3) is 6.70. The van der Waals surface area contributed by atoms with Gasteiger partial charge in [-0.1, -0.05) is 11.8 Å². The molecule has 9 heavy (non-hydrogen) atoms.